The SMILES string of the molecule is Cc1ccc(S(=O)(=O)N(CC(=O)N2CCN(c3cccc(Cl)c3)CC2)c2cc(Cl)cc(Cl)c2)cc1. The molecule has 1 fully saturated rings. The summed E-state index contributed by atoms with van der Waals surface area (Å²) in [5.41, 5.74) is 2.14. The molecule has 0 aliphatic carbocycles. The van der Waals surface area contributed by atoms with Crippen molar-refractivity contribution in [3.63, 3.8) is 0 Å². The van der Waals surface area contributed by atoms with Gasteiger partial charge in [-0.3, -0.25) is 9.10 Å². The zero-order chi connectivity index (χ0) is 25.2. The van der Waals surface area contributed by atoms with Crippen molar-refractivity contribution in [3.8, 4) is 0 Å². The molecule has 0 spiro atoms. The van der Waals surface area contributed by atoms with Crippen LogP contribution in [0.1, 0.15) is 5.56 Å². The van der Waals surface area contributed by atoms with Gasteiger partial charge in [-0.15, -0.1) is 0 Å². The predicted molar refractivity (Wildman–Crippen MR) is 142 cm³/mol. The molecule has 4 rings (SSSR count). The Morgan fingerprint density at radius 2 is 1.49 bits per heavy atom. The van der Waals surface area contributed by atoms with E-state index in [0.717, 1.165) is 15.6 Å². The molecular weight excluding hydrogens is 529 g/mol. The maximum absolute atomic E-state index is 13.6. The van der Waals surface area contributed by atoms with Crippen LogP contribution in [0.5, 0.6) is 0 Å². The number of carbonyl (C=O) groups excluding carboxylic acids is 1. The quantitative estimate of drug-likeness (QED) is 0.405. The Labute approximate surface area is 220 Å². The van der Waals surface area contributed by atoms with Crippen LogP contribution in [0.25, 0.3) is 0 Å². The molecule has 184 valence electrons. The van der Waals surface area contributed by atoms with E-state index in [1.54, 1.807) is 17.0 Å². The molecule has 1 aliphatic rings. The van der Waals surface area contributed by atoms with Crippen LogP contribution in [0.3, 0.4) is 0 Å². The second-order valence-electron chi connectivity index (χ2n) is 8.30. The van der Waals surface area contributed by atoms with E-state index >= 15 is 0 Å². The van der Waals surface area contributed by atoms with Gasteiger partial charge in [0.05, 0.1) is 10.6 Å². The van der Waals surface area contributed by atoms with Crippen molar-refractivity contribution in [2.45, 2.75) is 11.8 Å². The molecule has 3 aromatic rings. The van der Waals surface area contributed by atoms with Gasteiger partial charge < -0.3 is 9.80 Å². The number of rotatable bonds is 6. The first kappa shape index (κ1) is 25.6. The van der Waals surface area contributed by atoms with Gasteiger partial charge >= 0.3 is 0 Å². The van der Waals surface area contributed by atoms with Crippen molar-refractivity contribution in [2.75, 3.05) is 41.9 Å². The monoisotopic (exact) mass is 551 g/mol. The van der Waals surface area contributed by atoms with Crippen molar-refractivity contribution < 1.29 is 13.2 Å². The van der Waals surface area contributed by atoms with Crippen molar-refractivity contribution >= 4 is 62.1 Å². The third kappa shape index (κ3) is 6.04. The summed E-state index contributed by atoms with van der Waals surface area (Å²) in [6, 6.07) is 18.5. The zero-order valence-electron chi connectivity index (χ0n) is 19.0. The zero-order valence-corrected chi connectivity index (χ0v) is 22.1. The fourth-order valence-corrected chi connectivity index (χ4v) is 6.04. The smallest absolute Gasteiger partial charge is 0.264 e. The molecule has 1 saturated heterocycles. The average molecular weight is 553 g/mol. The van der Waals surface area contributed by atoms with E-state index in [-0.39, 0.29) is 33.1 Å². The number of nitrogens with zero attached hydrogens (tertiary/aromatic N) is 3. The van der Waals surface area contributed by atoms with Crippen LogP contribution in [0.15, 0.2) is 71.6 Å². The number of hydrogen-bond donors (Lipinski definition) is 0. The summed E-state index contributed by atoms with van der Waals surface area (Å²) in [6.07, 6.45) is 0. The lowest BCUT2D eigenvalue weighted by Crippen LogP contribution is -2.52. The Kier molecular flexibility index (Phi) is 7.81. The second kappa shape index (κ2) is 10.7. The van der Waals surface area contributed by atoms with Gasteiger partial charge in [-0.05, 0) is 55.5 Å². The van der Waals surface area contributed by atoms with Crippen LogP contribution in [-0.4, -0.2) is 51.9 Å². The standard InChI is InChI=1S/C25H24Cl3N3O3S/c1-18-5-7-24(8-6-18)35(33,34)31(23-15-20(27)13-21(28)16-23)17-25(32)30-11-9-29(10-12-30)22-4-2-3-19(26)14-22/h2-8,13-16H,9-12,17H2,1H3. The minimum atomic E-state index is -4.05. The summed E-state index contributed by atoms with van der Waals surface area (Å²) in [5.74, 6) is -0.303. The summed E-state index contributed by atoms with van der Waals surface area (Å²) in [5, 5.41) is 1.21. The molecule has 0 aromatic heterocycles. The van der Waals surface area contributed by atoms with Gasteiger partial charge in [0, 0.05) is 46.9 Å². The number of carbonyl (C=O) groups is 1. The molecule has 3 aromatic carbocycles. The molecular formula is C25H24Cl3N3O3S. The Balaban J connectivity index is 1.56. The van der Waals surface area contributed by atoms with Gasteiger partial charge in [0.15, 0.2) is 0 Å². The first-order valence-corrected chi connectivity index (χ1v) is 13.5. The second-order valence-corrected chi connectivity index (χ2v) is 11.5. The van der Waals surface area contributed by atoms with Gasteiger partial charge in [-0.25, -0.2) is 8.42 Å². The molecule has 1 amide bonds. The van der Waals surface area contributed by atoms with Crippen molar-refractivity contribution in [3.05, 3.63) is 87.4 Å². The van der Waals surface area contributed by atoms with Crippen LogP contribution in [0.4, 0.5) is 11.4 Å². The topological polar surface area (TPSA) is 60.9 Å². The third-order valence-electron chi connectivity index (χ3n) is 5.83. The predicted octanol–water partition coefficient (Wildman–Crippen LogP) is 5.50. The fraction of sp³-hybridized carbons (Fsp3) is 0.240. The molecule has 35 heavy (non-hydrogen) atoms. The van der Waals surface area contributed by atoms with E-state index in [2.05, 4.69) is 4.90 Å². The summed E-state index contributed by atoms with van der Waals surface area (Å²) >= 11 is 18.4. The van der Waals surface area contributed by atoms with Crippen LogP contribution < -0.4 is 9.21 Å². The minimum Gasteiger partial charge on any atom is -0.368 e. The number of hydrogen-bond acceptors (Lipinski definition) is 4. The molecule has 0 bridgehead atoms. The molecule has 0 saturated carbocycles. The molecule has 1 heterocycles. The van der Waals surface area contributed by atoms with Crippen molar-refractivity contribution in [2.24, 2.45) is 0 Å². The molecule has 0 unspecified atom stereocenters. The highest BCUT2D eigenvalue weighted by Crippen LogP contribution is 2.30. The largest absolute Gasteiger partial charge is 0.368 e. The van der Waals surface area contributed by atoms with Crippen LogP contribution in [0.2, 0.25) is 15.1 Å². The highest BCUT2D eigenvalue weighted by atomic mass is 35.5. The molecule has 1 aliphatic heterocycles. The Hall–Kier alpha value is -2.45. The van der Waals surface area contributed by atoms with E-state index in [4.69, 9.17) is 34.8 Å². The van der Waals surface area contributed by atoms with Crippen LogP contribution >= 0.6 is 34.8 Å². The lowest BCUT2D eigenvalue weighted by Gasteiger charge is -2.37. The Bertz CT molecular complexity index is 1310. The van der Waals surface area contributed by atoms with Gasteiger partial charge in [-0.1, -0.05) is 58.6 Å². The number of benzene rings is 3. The highest BCUT2D eigenvalue weighted by molar-refractivity contribution is 7.92. The summed E-state index contributed by atoms with van der Waals surface area (Å²) < 4.78 is 28.3. The summed E-state index contributed by atoms with van der Waals surface area (Å²) in [4.78, 5) is 17.2. The molecule has 6 nitrogen and oxygen atoms in total. The Morgan fingerprint density at radius 3 is 2.09 bits per heavy atom. The number of amides is 1. The lowest BCUT2D eigenvalue weighted by atomic mass is 10.2. The maximum Gasteiger partial charge on any atom is 0.264 e. The van der Waals surface area contributed by atoms with Gasteiger partial charge in [0.2, 0.25) is 5.91 Å². The maximum atomic E-state index is 13.6. The van der Waals surface area contributed by atoms with E-state index in [1.165, 1.54) is 30.3 Å². The fourth-order valence-electron chi connectivity index (χ4n) is 3.95. The van der Waals surface area contributed by atoms with Gasteiger partial charge in [-0.2, -0.15) is 0 Å². The average Bonchev–Trinajstić information content (AvgIpc) is 2.82. The molecule has 0 atom stereocenters. The summed E-state index contributed by atoms with van der Waals surface area (Å²) in [6.45, 7) is 3.64. The number of anilines is 2. The number of sulfonamides is 1. The first-order valence-electron chi connectivity index (χ1n) is 11.0. The van der Waals surface area contributed by atoms with E-state index < -0.39 is 10.0 Å². The number of halogens is 3. The van der Waals surface area contributed by atoms with Gasteiger partial charge in [0.25, 0.3) is 10.0 Å². The van der Waals surface area contributed by atoms with Crippen LogP contribution in [0, 0.1) is 6.92 Å². The van der Waals surface area contributed by atoms with Crippen molar-refractivity contribution in [1.82, 2.24) is 4.90 Å². The minimum absolute atomic E-state index is 0.0813. The lowest BCUT2D eigenvalue weighted by molar-refractivity contribution is -0.129. The van der Waals surface area contributed by atoms with E-state index in [0.29, 0.717) is 31.2 Å². The third-order valence-corrected chi connectivity index (χ3v) is 8.29. The van der Waals surface area contributed by atoms with E-state index in [1.807, 2.05) is 31.2 Å². The Morgan fingerprint density at radius 1 is 0.857 bits per heavy atom. The molecule has 0 radical (unpaired) electrons. The highest BCUT2D eigenvalue weighted by Gasteiger charge is 2.30. The van der Waals surface area contributed by atoms with E-state index in [9.17, 15) is 13.2 Å². The van der Waals surface area contributed by atoms with Crippen molar-refractivity contribution in [1.29, 1.82) is 0 Å². The number of aryl methyl sites for hydroxylation is 1. The summed E-state index contributed by atoms with van der Waals surface area (Å²) in [7, 11) is -4.05. The van der Waals surface area contributed by atoms with Gasteiger partial charge in [0.1, 0.15) is 6.54 Å². The normalized spacial score (nSPS) is 14.2. The molecule has 0 N–H and O–H groups in total. The van der Waals surface area contributed by atoms with Crippen LogP contribution in [-0.2, 0) is 14.8 Å². The molecule has 10 heteroatoms. The number of piperazine rings is 1. The first-order chi connectivity index (χ1) is 16.6.